The Morgan fingerprint density at radius 2 is 1.88 bits per heavy atom. The molecule has 0 amide bonds. The van der Waals surface area contributed by atoms with Crippen LogP contribution in [0.2, 0.25) is 0 Å². The van der Waals surface area contributed by atoms with Crippen molar-refractivity contribution in [3.05, 3.63) is 29.8 Å². The number of hydrogen-bond donors (Lipinski definition) is 2. The molecular formula is C14H24N2O. The summed E-state index contributed by atoms with van der Waals surface area (Å²) in [7, 11) is 0. The highest BCUT2D eigenvalue weighted by atomic mass is 16.5. The molecule has 1 aromatic rings. The molecule has 0 saturated carbocycles. The minimum Gasteiger partial charge on any atom is -0.491 e. The summed E-state index contributed by atoms with van der Waals surface area (Å²) < 4.78 is 5.61. The fraction of sp³-hybridized carbons (Fsp3) is 0.571. The molecule has 96 valence electrons. The van der Waals surface area contributed by atoms with E-state index in [0.29, 0.717) is 6.54 Å². The highest BCUT2D eigenvalue weighted by Gasteiger charge is 2.08. The fourth-order valence-corrected chi connectivity index (χ4v) is 1.71. The van der Waals surface area contributed by atoms with Crippen molar-refractivity contribution in [2.75, 3.05) is 13.1 Å². The summed E-state index contributed by atoms with van der Waals surface area (Å²) in [6.07, 6.45) is 1.33. The van der Waals surface area contributed by atoms with Crippen LogP contribution in [0.15, 0.2) is 24.3 Å². The summed E-state index contributed by atoms with van der Waals surface area (Å²) in [6.45, 7) is 7.81. The van der Waals surface area contributed by atoms with Crippen LogP contribution >= 0.6 is 0 Å². The van der Waals surface area contributed by atoms with E-state index in [0.717, 1.165) is 18.7 Å². The minimum absolute atomic E-state index is 0.212. The molecule has 0 aliphatic rings. The van der Waals surface area contributed by atoms with E-state index >= 15 is 0 Å². The maximum Gasteiger partial charge on any atom is 0.119 e. The van der Waals surface area contributed by atoms with E-state index in [9.17, 15) is 0 Å². The fourth-order valence-electron chi connectivity index (χ4n) is 1.71. The van der Waals surface area contributed by atoms with Gasteiger partial charge in [0.2, 0.25) is 0 Å². The molecule has 0 radical (unpaired) electrons. The molecule has 1 unspecified atom stereocenters. The Hall–Kier alpha value is -1.06. The smallest absolute Gasteiger partial charge is 0.119 e. The van der Waals surface area contributed by atoms with E-state index in [4.69, 9.17) is 10.5 Å². The molecule has 0 aliphatic carbocycles. The molecule has 3 nitrogen and oxygen atoms in total. The molecule has 3 N–H and O–H groups in total. The van der Waals surface area contributed by atoms with Crippen molar-refractivity contribution in [1.82, 2.24) is 5.32 Å². The molecule has 3 heteroatoms. The van der Waals surface area contributed by atoms with Gasteiger partial charge >= 0.3 is 0 Å². The highest BCUT2D eigenvalue weighted by molar-refractivity contribution is 5.29. The zero-order valence-electron chi connectivity index (χ0n) is 11.1. The lowest BCUT2D eigenvalue weighted by Gasteiger charge is -2.17. The van der Waals surface area contributed by atoms with Gasteiger partial charge < -0.3 is 15.8 Å². The molecule has 0 heterocycles. The normalized spacial score (nSPS) is 12.8. The number of nitrogens with one attached hydrogen (secondary N) is 1. The molecular weight excluding hydrogens is 212 g/mol. The van der Waals surface area contributed by atoms with E-state index in [2.05, 4.69) is 24.4 Å². The molecule has 0 aromatic heterocycles. The third-order valence-electron chi connectivity index (χ3n) is 2.53. The summed E-state index contributed by atoms with van der Waals surface area (Å²) in [4.78, 5) is 0. The zero-order chi connectivity index (χ0) is 12.7. The summed E-state index contributed by atoms with van der Waals surface area (Å²) in [5.41, 5.74) is 6.99. The Balaban J connectivity index is 2.64. The molecule has 1 atom stereocenters. The Kier molecular flexibility index (Phi) is 6.01. The van der Waals surface area contributed by atoms with E-state index in [-0.39, 0.29) is 12.1 Å². The first-order valence-electron chi connectivity index (χ1n) is 6.37. The second-order valence-electron chi connectivity index (χ2n) is 4.48. The van der Waals surface area contributed by atoms with E-state index < -0.39 is 0 Å². The Labute approximate surface area is 104 Å². The average Bonchev–Trinajstić information content (AvgIpc) is 2.31. The van der Waals surface area contributed by atoms with Gasteiger partial charge in [-0.15, -0.1) is 0 Å². The Morgan fingerprint density at radius 1 is 1.24 bits per heavy atom. The number of nitrogens with two attached hydrogens (primary N) is 1. The molecule has 0 saturated heterocycles. The third-order valence-corrected chi connectivity index (χ3v) is 2.53. The second kappa shape index (κ2) is 7.30. The largest absolute Gasteiger partial charge is 0.491 e. The van der Waals surface area contributed by atoms with Gasteiger partial charge in [-0.05, 0) is 44.5 Å². The number of hydrogen-bond acceptors (Lipinski definition) is 3. The van der Waals surface area contributed by atoms with Crippen LogP contribution in [0, 0.1) is 0 Å². The first-order chi connectivity index (χ1) is 8.17. The predicted molar refractivity (Wildman–Crippen MR) is 72.3 cm³/mol. The molecule has 0 spiro atoms. The summed E-state index contributed by atoms with van der Waals surface area (Å²) in [6, 6.07) is 8.41. The van der Waals surface area contributed by atoms with Crippen molar-refractivity contribution in [2.45, 2.75) is 39.3 Å². The van der Waals surface area contributed by atoms with Crippen LogP contribution in [0.1, 0.15) is 38.8 Å². The van der Waals surface area contributed by atoms with Gasteiger partial charge in [-0.2, -0.15) is 0 Å². The Morgan fingerprint density at radius 3 is 2.35 bits per heavy atom. The molecule has 17 heavy (non-hydrogen) atoms. The van der Waals surface area contributed by atoms with Gasteiger partial charge in [-0.1, -0.05) is 19.1 Å². The number of benzene rings is 1. The number of rotatable bonds is 7. The summed E-state index contributed by atoms with van der Waals surface area (Å²) in [5.74, 6) is 0.912. The maximum absolute atomic E-state index is 5.77. The molecule has 0 aliphatic heterocycles. The van der Waals surface area contributed by atoms with Crippen LogP contribution < -0.4 is 15.8 Å². The summed E-state index contributed by atoms with van der Waals surface area (Å²) in [5, 5.41) is 3.43. The molecule has 0 bridgehead atoms. The quantitative estimate of drug-likeness (QED) is 0.764. The lowest BCUT2D eigenvalue weighted by atomic mass is 10.1. The van der Waals surface area contributed by atoms with Crippen LogP contribution in [0.4, 0.5) is 0 Å². The maximum atomic E-state index is 5.77. The lowest BCUT2D eigenvalue weighted by Crippen LogP contribution is -2.28. The second-order valence-corrected chi connectivity index (χ2v) is 4.48. The van der Waals surface area contributed by atoms with Gasteiger partial charge in [0.25, 0.3) is 0 Å². The van der Waals surface area contributed by atoms with Crippen molar-refractivity contribution >= 4 is 0 Å². The third kappa shape index (κ3) is 4.75. The first-order valence-corrected chi connectivity index (χ1v) is 6.37. The topological polar surface area (TPSA) is 47.3 Å². The SMILES string of the molecule is CCCNC(CN)c1ccc(OC(C)C)cc1. The molecule has 1 rings (SSSR count). The van der Waals surface area contributed by atoms with Crippen LogP contribution in [-0.2, 0) is 0 Å². The molecule has 0 fully saturated rings. The van der Waals surface area contributed by atoms with E-state index in [1.165, 1.54) is 5.56 Å². The molecule has 1 aromatic carbocycles. The van der Waals surface area contributed by atoms with Crippen LogP contribution in [0.3, 0.4) is 0 Å². The van der Waals surface area contributed by atoms with Crippen molar-refractivity contribution < 1.29 is 4.74 Å². The van der Waals surface area contributed by atoms with Gasteiger partial charge in [0.15, 0.2) is 0 Å². The van der Waals surface area contributed by atoms with Gasteiger partial charge in [-0.3, -0.25) is 0 Å². The minimum atomic E-state index is 0.212. The van der Waals surface area contributed by atoms with Crippen LogP contribution in [0.5, 0.6) is 5.75 Å². The average molecular weight is 236 g/mol. The van der Waals surface area contributed by atoms with Crippen molar-refractivity contribution in [3.8, 4) is 5.75 Å². The lowest BCUT2D eigenvalue weighted by molar-refractivity contribution is 0.242. The van der Waals surface area contributed by atoms with Crippen molar-refractivity contribution in [3.63, 3.8) is 0 Å². The van der Waals surface area contributed by atoms with Crippen molar-refractivity contribution in [2.24, 2.45) is 5.73 Å². The van der Waals surface area contributed by atoms with E-state index in [1.807, 2.05) is 26.0 Å². The Bertz CT molecular complexity index is 309. The summed E-state index contributed by atoms with van der Waals surface area (Å²) >= 11 is 0. The van der Waals surface area contributed by atoms with Gasteiger partial charge in [0.1, 0.15) is 5.75 Å². The van der Waals surface area contributed by atoms with Gasteiger partial charge in [0.05, 0.1) is 6.10 Å². The van der Waals surface area contributed by atoms with Gasteiger partial charge in [-0.25, -0.2) is 0 Å². The monoisotopic (exact) mass is 236 g/mol. The highest BCUT2D eigenvalue weighted by Crippen LogP contribution is 2.18. The van der Waals surface area contributed by atoms with Crippen molar-refractivity contribution in [1.29, 1.82) is 0 Å². The predicted octanol–water partition coefficient (Wildman–Crippen LogP) is 2.47. The van der Waals surface area contributed by atoms with Gasteiger partial charge in [0, 0.05) is 12.6 Å². The first kappa shape index (κ1) is 14.0. The zero-order valence-corrected chi connectivity index (χ0v) is 11.1. The number of ether oxygens (including phenoxy) is 1. The van der Waals surface area contributed by atoms with Crippen LogP contribution in [-0.4, -0.2) is 19.2 Å². The van der Waals surface area contributed by atoms with E-state index in [1.54, 1.807) is 0 Å². The standard InChI is InChI=1S/C14H24N2O/c1-4-9-16-14(10-15)12-5-7-13(8-6-12)17-11(2)3/h5-8,11,14,16H,4,9-10,15H2,1-3H3. The van der Waals surface area contributed by atoms with Crippen LogP contribution in [0.25, 0.3) is 0 Å².